The van der Waals surface area contributed by atoms with Crippen molar-refractivity contribution in [2.75, 3.05) is 26.7 Å². The van der Waals surface area contributed by atoms with Crippen molar-refractivity contribution in [1.29, 1.82) is 0 Å². The fourth-order valence-electron chi connectivity index (χ4n) is 3.12. The van der Waals surface area contributed by atoms with Crippen LogP contribution < -0.4 is 5.32 Å². The minimum Gasteiger partial charge on any atom is -0.394 e. The normalized spacial score (nSPS) is 17.6. The first kappa shape index (κ1) is 20.4. The molecule has 0 spiro atoms. The van der Waals surface area contributed by atoms with Gasteiger partial charge in [-0.2, -0.15) is 0 Å². The van der Waals surface area contributed by atoms with Crippen molar-refractivity contribution in [2.24, 2.45) is 0 Å². The first-order valence-corrected chi connectivity index (χ1v) is 8.95. The number of likely N-dealkylation sites (N-methyl/N-ethyl adjacent to an activating group) is 1. The number of aliphatic hydroxyl groups excluding tert-OH is 1. The summed E-state index contributed by atoms with van der Waals surface area (Å²) >= 11 is 0. The van der Waals surface area contributed by atoms with Crippen LogP contribution in [0.2, 0.25) is 0 Å². The SMILES string of the molecule is C=C.CNCC(=O)N1CC(c2ccc(C#Cc3ccccc3)cc2)C1CO. The van der Waals surface area contributed by atoms with E-state index in [0.717, 1.165) is 16.7 Å². The summed E-state index contributed by atoms with van der Waals surface area (Å²) in [4.78, 5) is 13.7. The van der Waals surface area contributed by atoms with Crippen molar-refractivity contribution in [3.63, 3.8) is 0 Å². The molecule has 1 aliphatic heterocycles. The van der Waals surface area contributed by atoms with E-state index in [0.29, 0.717) is 13.1 Å². The molecule has 0 aliphatic carbocycles. The third-order valence-electron chi connectivity index (χ3n) is 4.56. The van der Waals surface area contributed by atoms with Crippen LogP contribution in [0.4, 0.5) is 0 Å². The molecule has 27 heavy (non-hydrogen) atoms. The van der Waals surface area contributed by atoms with E-state index in [9.17, 15) is 9.90 Å². The van der Waals surface area contributed by atoms with Crippen LogP contribution in [0.5, 0.6) is 0 Å². The van der Waals surface area contributed by atoms with Crippen LogP contribution in [0.1, 0.15) is 22.6 Å². The molecule has 0 saturated carbocycles. The molecule has 2 aromatic rings. The first-order valence-electron chi connectivity index (χ1n) is 8.95. The fourth-order valence-corrected chi connectivity index (χ4v) is 3.12. The Morgan fingerprint density at radius 1 is 1.11 bits per heavy atom. The molecule has 4 nitrogen and oxygen atoms in total. The van der Waals surface area contributed by atoms with Crippen LogP contribution >= 0.6 is 0 Å². The molecule has 1 aliphatic rings. The molecule has 0 radical (unpaired) electrons. The maximum atomic E-state index is 12.0. The zero-order valence-electron chi connectivity index (χ0n) is 15.7. The quantitative estimate of drug-likeness (QED) is 0.649. The Hall–Kier alpha value is -2.87. The van der Waals surface area contributed by atoms with Crippen LogP contribution in [0.25, 0.3) is 0 Å². The third kappa shape index (κ3) is 5.07. The van der Waals surface area contributed by atoms with Gasteiger partial charge in [-0.05, 0) is 36.9 Å². The highest BCUT2D eigenvalue weighted by molar-refractivity contribution is 5.80. The summed E-state index contributed by atoms with van der Waals surface area (Å²) in [5, 5.41) is 12.5. The number of nitrogens with zero attached hydrogens (tertiary/aromatic N) is 1. The van der Waals surface area contributed by atoms with E-state index in [2.05, 4.69) is 30.3 Å². The van der Waals surface area contributed by atoms with Gasteiger partial charge < -0.3 is 15.3 Å². The largest absolute Gasteiger partial charge is 0.394 e. The number of amides is 1. The predicted octanol–water partition coefficient (Wildman–Crippen LogP) is 2.39. The Kier molecular flexibility index (Phi) is 7.81. The van der Waals surface area contributed by atoms with E-state index in [1.807, 2.05) is 54.6 Å². The van der Waals surface area contributed by atoms with E-state index in [1.165, 1.54) is 0 Å². The Morgan fingerprint density at radius 2 is 1.70 bits per heavy atom. The van der Waals surface area contributed by atoms with Crippen LogP contribution in [-0.2, 0) is 4.79 Å². The molecule has 1 saturated heterocycles. The lowest BCUT2D eigenvalue weighted by atomic mass is 9.82. The number of carbonyl (C=O) groups is 1. The average molecular weight is 362 g/mol. The third-order valence-corrected chi connectivity index (χ3v) is 4.56. The van der Waals surface area contributed by atoms with E-state index in [1.54, 1.807) is 11.9 Å². The molecular formula is C23H26N2O2. The van der Waals surface area contributed by atoms with Crippen molar-refractivity contribution in [2.45, 2.75) is 12.0 Å². The predicted molar refractivity (Wildman–Crippen MR) is 109 cm³/mol. The van der Waals surface area contributed by atoms with Crippen LogP contribution in [0.3, 0.4) is 0 Å². The molecule has 1 fully saturated rings. The molecule has 2 aromatic carbocycles. The van der Waals surface area contributed by atoms with Gasteiger partial charge in [0, 0.05) is 23.6 Å². The molecule has 1 heterocycles. The van der Waals surface area contributed by atoms with Crippen LogP contribution in [0.15, 0.2) is 67.8 Å². The van der Waals surface area contributed by atoms with E-state index < -0.39 is 0 Å². The number of carbonyl (C=O) groups excluding carboxylic acids is 1. The molecule has 4 heteroatoms. The number of nitrogens with one attached hydrogen (secondary N) is 1. The highest BCUT2D eigenvalue weighted by atomic mass is 16.3. The summed E-state index contributed by atoms with van der Waals surface area (Å²) < 4.78 is 0. The zero-order valence-corrected chi connectivity index (χ0v) is 15.7. The Balaban J connectivity index is 0.00000126. The van der Waals surface area contributed by atoms with Gasteiger partial charge >= 0.3 is 0 Å². The first-order chi connectivity index (χ1) is 13.2. The Bertz CT molecular complexity index is 791. The van der Waals surface area contributed by atoms with Gasteiger partial charge in [-0.3, -0.25) is 4.79 Å². The van der Waals surface area contributed by atoms with Crippen molar-refractivity contribution in [3.8, 4) is 11.8 Å². The van der Waals surface area contributed by atoms with Crippen molar-refractivity contribution >= 4 is 5.91 Å². The standard InChI is InChI=1S/C21H22N2O2.C2H4/c1-22-13-21(25)23-14-19(20(23)15-24)18-11-9-17(10-12-18)8-7-16-5-3-2-4-6-16;1-2/h2-6,9-12,19-20,22,24H,13-15H2,1H3;1-2H2. The fraction of sp³-hybridized carbons (Fsp3) is 0.261. The number of rotatable bonds is 4. The molecule has 3 rings (SSSR count). The number of benzene rings is 2. The molecule has 1 amide bonds. The van der Waals surface area contributed by atoms with Gasteiger partial charge in [0.1, 0.15) is 0 Å². The average Bonchev–Trinajstić information content (AvgIpc) is 2.69. The van der Waals surface area contributed by atoms with Gasteiger partial charge in [-0.25, -0.2) is 0 Å². The zero-order chi connectivity index (χ0) is 19.6. The van der Waals surface area contributed by atoms with Gasteiger partial charge in [0.15, 0.2) is 0 Å². The monoisotopic (exact) mass is 362 g/mol. The van der Waals surface area contributed by atoms with E-state index in [4.69, 9.17) is 0 Å². The summed E-state index contributed by atoms with van der Waals surface area (Å²) in [7, 11) is 1.75. The van der Waals surface area contributed by atoms with Gasteiger partial charge in [-0.1, -0.05) is 42.2 Å². The maximum Gasteiger partial charge on any atom is 0.236 e. The van der Waals surface area contributed by atoms with Crippen molar-refractivity contribution in [1.82, 2.24) is 10.2 Å². The molecule has 2 N–H and O–H groups in total. The second-order valence-corrected chi connectivity index (χ2v) is 6.17. The van der Waals surface area contributed by atoms with Crippen LogP contribution in [-0.4, -0.2) is 48.7 Å². The highest BCUT2D eigenvalue weighted by Gasteiger charge is 2.41. The van der Waals surface area contributed by atoms with Crippen molar-refractivity contribution < 1.29 is 9.90 Å². The second-order valence-electron chi connectivity index (χ2n) is 6.17. The molecule has 2 unspecified atom stereocenters. The second kappa shape index (κ2) is 10.3. The van der Waals surface area contributed by atoms with Crippen molar-refractivity contribution in [3.05, 3.63) is 84.4 Å². The van der Waals surface area contributed by atoms with Gasteiger partial charge in [0.2, 0.25) is 5.91 Å². The summed E-state index contributed by atoms with van der Waals surface area (Å²) in [6.07, 6.45) is 0. The maximum absolute atomic E-state index is 12.0. The lowest BCUT2D eigenvalue weighted by Crippen LogP contribution is -2.60. The summed E-state index contributed by atoms with van der Waals surface area (Å²) in [5.41, 5.74) is 3.08. The Labute approximate surface area is 161 Å². The molecular weight excluding hydrogens is 336 g/mol. The summed E-state index contributed by atoms with van der Waals surface area (Å²) in [5.74, 6) is 6.52. The number of aliphatic hydroxyl groups is 1. The topological polar surface area (TPSA) is 52.6 Å². The number of likely N-dealkylation sites (tertiary alicyclic amines) is 1. The molecule has 140 valence electrons. The molecule has 2 atom stereocenters. The lowest BCUT2D eigenvalue weighted by Gasteiger charge is -2.47. The molecule has 0 bridgehead atoms. The number of hydrogen-bond donors (Lipinski definition) is 2. The minimum absolute atomic E-state index is 0.0182. The summed E-state index contributed by atoms with van der Waals surface area (Å²) in [6, 6.07) is 17.8. The van der Waals surface area contributed by atoms with Gasteiger partial charge in [-0.15, -0.1) is 13.2 Å². The Morgan fingerprint density at radius 3 is 2.26 bits per heavy atom. The van der Waals surface area contributed by atoms with E-state index in [-0.39, 0.29) is 24.5 Å². The summed E-state index contributed by atoms with van der Waals surface area (Å²) in [6.45, 7) is 6.94. The minimum atomic E-state index is -0.137. The lowest BCUT2D eigenvalue weighted by molar-refractivity contribution is -0.141. The highest BCUT2D eigenvalue weighted by Crippen LogP contribution is 2.34. The van der Waals surface area contributed by atoms with E-state index >= 15 is 0 Å². The molecule has 0 aromatic heterocycles. The van der Waals surface area contributed by atoms with Gasteiger partial charge in [0.05, 0.1) is 19.2 Å². The number of hydrogen-bond acceptors (Lipinski definition) is 3. The smallest absolute Gasteiger partial charge is 0.236 e. The van der Waals surface area contributed by atoms with Gasteiger partial charge in [0.25, 0.3) is 0 Å². The van der Waals surface area contributed by atoms with Crippen LogP contribution in [0, 0.1) is 11.8 Å².